The number of rotatable bonds is 5. The lowest BCUT2D eigenvalue weighted by molar-refractivity contribution is 0.275. The van der Waals surface area contributed by atoms with Gasteiger partial charge in [0.25, 0.3) is 10.2 Å². The topological polar surface area (TPSA) is 49.9 Å². The number of benzene rings is 2. The second-order valence-corrected chi connectivity index (χ2v) is 8.37. The molecule has 0 unspecified atom stereocenters. The second-order valence-electron chi connectivity index (χ2n) is 6.01. The highest BCUT2D eigenvalue weighted by molar-refractivity contribution is 7.86. The van der Waals surface area contributed by atoms with Crippen LogP contribution >= 0.6 is 11.6 Å². The molecule has 0 aliphatic carbocycles. The van der Waals surface area contributed by atoms with Crippen LogP contribution in [0.4, 0.5) is 0 Å². The van der Waals surface area contributed by atoms with E-state index in [-0.39, 0.29) is 0 Å². The third-order valence-electron chi connectivity index (χ3n) is 4.21. The van der Waals surface area contributed by atoms with Crippen LogP contribution in [-0.2, 0) is 23.3 Å². The molecule has 2 aromatic carbocycles. The first-order valence-electron chi connectivity index (χ1n) is 8.11. The molecule has 1 fully saturated rings. The normalized spacial score (nSPS) is 18.2. The molecule has 0 N–H and O–H groups in total. The number of methoxy groups -OCH3 is 1. The highest BCUT2D eigenvalue weighted by Gasteiger charge is 2.33. The molecule has 134 valence electrons. The van der Waals surface area contributed by atoms with Crippen LogP contribution in [0.1, 0.15) is 17.5 Å². The summed E-state index contributed by atoms with van der Waals surface area (Å²) in [5.41, 5.74) is 1.80. The Hall–Kier alpha value is -1.60. The Kier molecular flexibility index (Phi) is 5.64. The molecule has 1 heterocycles. The lowest BCUT2D eigenvalue weighted by Crippen LogP contribution is -2.48. The quantitative estimate of drug-likeness (QED) is 0.799. The smallest absolute Gasteiger partial charge is 0.282 e. The van der Waals surface area contributed by atoms with Crippen molar-refractivity contribution in [1.82, 2.24) is 8.61 Å². The molecule has 0 bridgehead atoms. The van der Waals surface area contributed by atoms with Crippen LogP contribution < -0.4 is 4.74 Å². The van der Waals surface area contributed by atoms with Gasteiger partial charge >= 0.3 is 0 Å². The summed E-state index contributed by atoms with van der Waals surface area (Å²) in [6.45, 7) is 1.71. The maximum atomic E-state index is 12.9. The molecule has 0 atom stereocenters. The average molecular weight is 381 g/mol. The average Bonchev–Trinajstić information content (AvgIpc) is 2.59. The first-order chi connectivity index (χ1) is 12.0. The molecule has 3 rings (SSSR count). The van der Waals surface area contributed by atoms with Gasteiger partial charge in [-0.25, -0.2) is 0 Å². The van der Waals surface area contributed by atoms with Crippen LogP contribution in [0, 0.1) is 0 Å². The van der Waals surface area contributed by atoms with Gasteiger partial charge in [0, 0.05) is 31.2 Å². The van der Waals surface area contributed by atoms with E-state index in [1.54, 1.807) is 19.2 Å². The maximum Gasteiger partial charge on any atom is 0.282 e. The SMILES string of the molecule is COc1cccc(CN2CCCN(Cc3cccc(Cl)c3)S2(=O)=O)c1. The molecule has 5 nitrogen and oxygen atoms in total. The summed E-state index contributed by atoms with van der Waals surface area (Å²) in [4.78, 5) is 0. The molecule has 1 saturated heterocycles. The van der Waals surface area contributed by atoms with Crippen LogP contribution in [0.3, 0.4) is 0 Å². The van der Waals surface area contributed by atoms with Gasteiger partial charge in [0.05, 0.1) is 7.11 Å². The lowest BCUT2D eigenvalue weighted by Gasteiger charge is -2.34. The zero-order chi connectivity index (χ0) is 17.9. The predicted molar refractivity (Wildman–Crippen MR) is 98.8 cm³/mol. The van der Waals surface area contributed by atoms with Crippen molar-refractivity contribution in [1.29, 1.82) is 0 Å². The van der Waals surface area contributed by atoms with Crippen molar-refractivity contribution in [3.05, 3.63) is 64.7 Å². The van der Waals surface area contributed by atoms with Crippen LogP contribution in [0.25, 0.3) is 0 Å². The Labute approximate surface area is 154 Å². The summed E-state index contributed by atoms with van der Waals surface area (Å²) >= 11 is 6.01. The summed E-state index contributed by atoms with van der Waals surface area (Å²) in [7, 11) is -1.91. The van der Waals surface area contributed by atoms with Crippen molar-refractivity contribution < 1.29 is 13.2 Å². The fourth-order valence-corrected chi connectivity index (χ4v) is 4.84. The molecule has 0 spiro atoms. The van der Waals surface area contributed by atoms with E-state index in [4.69, 9.17) is 16.3 Å². The molecule has 7 heteroatoms. The lowest BCUT2D eigenvalue weighted by atomic mass is 10.2. The molecule has 1 aliphatic rings. The molecule has 0 radical (unpaired) electrons. The van der Waals surface area contributed by atoms with E-state index in [9.17, 15) is 8.42 Å². The Morgan fingerprint density at radius 1 is 1.00 bits per heavy atom. The van der Waals surface area contributed by atoms with Crippen molar-refractivity contribution in [3.8, 4) is 5.75 Å². The van der Waals surface area contributed by atoms with E-state index in [2.05, 4.69) is 0 Å². The zero-order valence-electron chi connectivity index (χ0n) is 14.1. The van der Waals surface area contributed by atoms with Crippen molar-refractivity contribution in [2.24, 2.45) is 0 Å². The third-order valence-corrected chi connectivity index (χ3v) is 6.37. The Morgan fingerprint density at radius 3 is 2.20 bits per heavy atom. The number of hydrogen-bond acceptors (Lipinski definition) is 3. The van der Waals surface area contributed by atoms with Crippen LogP contribution in [0.5, 0.6) is 5.75 Å². The highest BCUT2D eigenvalue weighted by atomic mass is 35.5. The predicted octanol–water partition coefficient (Wildman–Crippen LogP) is 3.30. The molecule has 1 aliphatic heterocycles. The molecular weight excluding hydrogens is 360 g/mol. The Balaban J connectivity index is 1.77. The van der Waals surface area contributed by atoms with Crippen molar-refractivity contribution in [2.75, 3.05) is 20.2 Å². The second kappa shape index (κ2) is 7.74. The summed E-state index contributed by atoms with van der Waals surface area (Å²) in [5.74, 6) is 0.725. The van der Waals surface area contributed by atoms with Crippen molar-refractivity contribution in [2.45, 2.75) is 19.5 Å². The number of ether oxygens (including phenoxy) is 1. The van der Waals surface area contributed by atoms with Crippen LogP contribution in [0.2, 0.25) is 5.02 Å². The fraction of sp³-hybridized carbons (Fsp3) is 0.333. The fourth-order valence-electron chi connectivity index (χ4n) is 2.95. The van der Waals surface area contributed by atoms with E-state index < -0.39 is 10.2 Å². The van der Waals surface area contributed by atoms with E-state index in [1.165, 1.54) is 8.61 Å². The van der Waals surface area contributed by atoms with Gasteiger partial charge in [-0.3, -0.25) is 0 Å². The maximum absolute atomic E-state index is 12.9. The zero-order valence-corrected chi connectivity index (χ0v) is 15.6. The van der Waals surface area contributed by atoms with Gasteiger partial charge in [0.1, 0.15) is 5.75 Å². The van der Waals surface area contributed by atoms with Gasteiger partial charge in [-0.15, -0.1) is 0 Å². The van der Waals surface area contributed by atoms with Crippen molar-refractivity contribution in [3.63, 3.8) is 0 Å². The first-order valence-corrected chi connectivity index (χ1v) is 9.89. The number of hydrogen-bond donors (Lipinski definition) is 0. The summed E-state index contributed by atoms with van der Waals surface area (Å²) < 4.78 is 34.2. The van der Waals surface area contributed by atoms with E-state index in [1.807, 2.05) is 36.4 Å². The molecule has 0 saturated carbocycles. The minimum absolute atomic E-state index is 0.331. The molecular formula is C18H21ClN2O3S. The van der Waals surface area contributed by atoms with E-state index in [0.29, 0.717) is 31.2 Å². The summed E-state index contributed by atoms with van der Waals surface area (Å²) in [5, 5.41) is 0.611. The van der Waals surface area contributed by atoms with Gasteiger partial charge in [-0.2, -0.15) is 17.0 Å². The molecule has 25 heavy (non-hydrogen) atoms. The monoisotopic (exact) mass is 380 g/mol. The van der Waals surface area contributed by atoms with Gasteiger partial charge < -0.3 is 4.74 Å². The standard InChI is InChI=1S/C18H21ClN2O3S/c1-24-18-8-3-6-16(12-18)14-21-10-4-9-20(25(21,22)23)13-15-5-2-7-17(19)11-15/h2-3,5-8,11-12H,4,9-10,13-14H2,1H3. The first kappa shape index (κ1) is 18.2. The molecule has 0 amide bonds. The van der Waals surface area contributed by atoms with Gasteiger partial charge in [0.2, 0.25) is 0 Å². The van der Waals surface area contributed by atoms with Crippen LogP contribution in [0.15, 0.2) is 48.5 Å². The van der Waals surface area contributed by atoms with Crippen molar-refractivity contribution >= 4 is 21.8 Å². The van der Waals surface area contributed by atoms with E-state index in [0.717, 1.165) is 23.3 Å². The Morgan fingerprint density at radius 2 is 1.60 bits per heavy atom. The third kappa shape index (κ3) is 4.33. The largest absolute Gasteiger partial charge is 0.497 e. The van der Waals surface area contributed by atoms with E-state index >= 15 is 0 Å². The summed E-state index contributed by atoms with van der Waals surface area (Å²) in [6.07, 6.45) is 0.795. The summed E-state index contributed by atoms with van der Waals surface area (Å²) in [6, 6.07) is 14.8. The molecule has 0 aromatic heterocycles. The minimum Gasteiger partial charge on any atom is -0.497 e. The highest BCUT2D eigenvalue weighted by Crippen LogP contribution is 2.23. The number of halogens is 1. The Bertz CT molecular complexity index is 842. The van der Waals surface area contributed by atoms with Gasteiger partial charge in [-0.05, 0) is 41.8 Å². The number of nitrogens with zero attached hydrogens (tertiary/aromatic N) is 2. The van der Waals surface area contributed by atoms with Gasteiger partial charge in [-0.1, -0.05) is 35.9 Å². The van der Waals surface area contributed by atoms with Crippen LogP contribution in [-0.4, -0.2) is 37.2 Å². The van der Waals surface area contributed by atoms with Gasteiger partial charge in [0.15, 0.2) is 0 Å². The minimum atomic E-state index is -3.51. The molecule has 2 aromatic rings.